The number of nitrogens with one attached hydrogen (secondary N) is 1. The summed E-state index contributed by atoms with van der Waals surface area (Å²) in [7, 11) is 0. The molecule has 1 N–H and O–H groups in total. The quantitative estimate of drug-likeness (QED) is 0.900. The lowest BCUT2D eigenvalue weighted by atomic mass is 10.1. The molecule has 0 saturated carbocycles. The van der Waals surface area contributed by atoms with E-state index in [1.807, 2.05) is 39.1 Å². The zero-order valence-electron chi connectivity index (χ0n) is 10.9. The molecule has 4 heteroatoms. The van der Waals surface area contributed by atoms with Crippen LogP contribution in [0.25, 0.3) is 5.69 Å². The van der Waals surface area contributed by atoms with Gasteiger partial charge in [-0.1, -0.05) is 19.9 Å². The van der Waals surface area contributed by atoms with E-state index >= 15 is 0 Å². The van der Waals surface area contributed by atoms with Gasteiger partial charge in [0.15, 0.2) is 0 Å². The molecule has 0 radical (unpaired) electrons. The van der Waals surface area contributed by atoms with E-state index in [9.17, 15) is 4.39 Å². The lowest BCUT2D eigenvalue weighted by Gasteiger charge is -2.13. The minimum absolute atomic E-state index is 0.200. The van der Waals surface area contributed by atoms with Crippen molar-refractivity contribution in [3.63, 3.8) is 0 Å². The third-order valence-corrected chi connectivity index (χ3v) is 2.75. The molecule has 0 aliphatic heterocycles. The van der Waals surface area contributed by atoms with E-state index in [-0.39, 0.29) is 5.82 Å². The van der Waals surface area contributed by atoms with Gasteiger partial charge in [-0.15, -0.1) is 0 Å². The second-order valence-electron chi connectivity index (χ2n) is 4.67. The molecular weight excluding hydrogens is 229 g/mol. The smallest absolute Gasteiger partial charge is 0.129 e. The monoisotopic (exact) mass is 247 g/mol. The average Bonchev–Trinajstić information content (AvgIpc) is 2.73. The van der Waals surface area contributed by atoms with Crippen molar-refractivity contribution in [2.75, 3.05) is 0 Å². The molecule has 96 valence electrons. The van der Waals surface area contributed by atoms with Gasteiger partial charge in [-0.2, -0.15) is 5.10 Å². The van der Waals surface area contributed by atoms with Crippen molar-refractivity contribution in [2.24, 2.45) is 0 Å². The zero-order valence-corrected chi connectivity index (χ0v) is 10.9. The molecule has 0 aliphatic carbocycles. The lowest BCUT2D eigenvalue weighted by molar-refractivity contribution is 0.549. The Hall–Kier alpha value is -1.68. The number of rotatable bonds is 4. The second-order valence-corrected chi connectivity index (χ2v) is 4.67. The van der Waals surface area contributed by atoms with Gasteiger partial charge >= 0.3 is 0 Å². The van der Waals surface area contributed by atoms with Crippen molar-refractivity contribution in [1.82, 2.24) is 15.1 Å². The predicted molar refractivity (Wildman–Crippen MR) is 70.2 cm³/mol. The van der Waals surface area contributed by atoms with Gasteiger partial charge < -0.3 is 5.32 Å². The molecule has 1 aromatic heterocycles. The summed E-state index contributed by atoms with van der Waals surface area (Å²) >= 11 is 0. The van der Waals surface area contributed by atoms with Crippen molar-refractivity contribution in [3.05, 3.63) is 47.5 Å². The first-order valence-electron chi connectivity index (χ1n) is 6.11. The summed E-state index contributed by atoms with van der Waals surface area (Å²) in [4.78, 5) is 0. The van der Waals surface area contributed by atoms with Crippen LogP contribution in [0.2, 0.25) is 0 Å². The molecule has 0 fully saturated rings. The van der Waals surface area contributed by atoms with Gasteiger partial charge in [0.05, 0.1) is 11.4 Å². The fourth-order valence-electron chi connectivity index (χ4n) is 1.79. The summed E-state index contributed by atoms with van der Waals surface area (Å²) in [6.45, 7) is 6.50. The Morgan fingerprint density at radius 1 is 1.33 bits per heavy atom. The Morgan fingerprint density at radius 2 is 2.11 bits per heavy atom. The minimum Gasteiger partial charge on any atom is -0.310 e. The number of benzene rings is 1. The molecule has 0 aliphatic rings. The van der Waals surface area contributed by atoms with Crippen LogP contribution in [0.15, 0.2) is 30.5 Å². The maximum absolute atomic E-state index is 13.9. The predicted octanol–water partition coefficient (Wildman–Crippen LogP) is 2.82. The molecule has 2 aromatic rings. The van der Waals surface area contributed by atoms with E-state index in [2.05, 4.69) is 10.4 Å². The number of nitrogens with zero attached hydrogens (tertiary/aromatic N) is 2. The van der Waals surface area contributed by atoms with E-state index in [0.29, 0.717) is 18.2 Å². The summed E-state index contributed by atoms with van der Waals surface area (Å²) in [5.41, 5.74) is 2.35. The fourth-order valence-corrected chi connectivity index (χ4v) is 1.79. The first-order chi connectivity index (χ1) is 8.58. The van der Waals surface area contributed by atoms with Crippen LogP contribution in [-0.4, -0.2) is 15.8 Å². The Labute approximate surface area is 107 Å². The van der Waals surface area contributed by atoms with E-state index in [1.54, 1.807) is 10.7 Å². The zero-order chi connectivity index (χ0) is 13.1. The summed E-state index contributed by atoms with van der Waals surface area (Å²) in [5.74, 6) is -0.200. The van der Waals surface area contributed by atoms with Crippen LogP contribution >= 0.6 is 0 Å². The number of hydrogen-bond donors (Lipinski definition) is 1. The maximum atomic E-state index is 13.9. The van der Waals surface area contributed by atoms with Crippen LogP contribution in [0.3, 0.4) is 0 Å². The topological polar surface area (TPSA) is 29.9 Å². The second kappa shape index (κ2) is 5.31. The van der Waals surface area contributed by atoms with Crippen molar-refractivity contribution in [2.45, 2.75) is 33.4 Å². The average molecular weight is 247 g/mol. The highest BCUT2D eigenvalue weighted by Gasteiger charge is 2.11. The van der Waals surface area contributed by atoms with Gasteiger partial charge in [-0.25, -0.2) is 9.07 Å². The molecule has 1 heterocycles. The van der Waals surface area contributed by atoms with E-state index in [4.69, 9.17) is 0 Å². The van der Waals surface area contributed by atoms with Gasteiger partial charge in [0, 0.05) is 24.3 Å². The van der Waals surface area contributed by atoms with Gasteiger partial charge in [0.2, 0.25) is 0 Å². The fraction of sp³-hybridized carbons (Fsp3) is 0.357. The number of hydrogen-bond acceptors (Lipinski definition) is 2. The van der Waals surface area contributed by atoms with Gasteiger partial charge in [0.25, 0.3) is 0 Å². The first-order valence-corrected chi connectivity index (χ1v) is 6.11. The van der Waals surface area contributed by atoms with Gasteiger partial charge in [-0.3, -0.25) is 0 Å². The third-order valence-electron chi connectivity index (χ3n) is 2.75. The molecule has 1 aromatic carbocycles. The standard InChI is InChI=1S/C14H18FN3/c1-10(2)16-9-12-13(15)5-4-6-14(12)18-8-7-11(3)17-18/h4-8,10,16H,9H2,1-3H3. The summed E-state index contributed by atoms with van der Waals surface area (Å²) in [5, 5.41) is 7.57. The normalized spacial score (nSPS) is 11.2. The van der Waals surface area contributed by atoms with Crippen LogP contribution < -0.4 is 5.32 Å². The molecule has 0 atom stereocenters. The highest BCUT2D eigenvalue weighted by atomic mass is 19.1. The molecule has 2 rings (SSSR count). The molecule has 0 spiro atoms. The van der Waals surface area contributed by atoms with E-state index in [1.165, 1.54) is 6.07 Å². The van der Waals surface area contributed by atoms with Crippen molar-refractivity contribution in [3.8, 4) is 5.69 Å². The van der Waals surface area contributed by atoms with Crippen LogP contribution in [0.1, 0.15) is 25.1 Å². The van der Waals surface area contributed by atoms with Crippen LogP contribution in [0.4, 0.5) is 4.39 Å². The maximum Gasteiger partial charge on any atom is 0.129 e. The third kappa shape index (κ3) is 2.76. The molecule has 18 heavy (non-hydrogen) atoms. The van der Waals surface area contributed by atoms with Crippen LogP contribution in [0.5, 0.6) is 0 Å². The van der Waals surface area contributed by atoms with Gasteiger partial charge in [-0.05, 0) is 25.1 Å². The SMILES string of the molecule is Cc1ccn(-c2cccc(F)c2CNC(C)C)n1. The molecule has 0 unspecified atom stereocenters. The number of halogens is 1. The van der Waals surface area contributed by atoms with Crippen molar-refractivity contribution < 1.29 is 4.39 Å². The summed E-state index contributed by atoms with van der Waals surface area (Å²) < 4.78 is 15.6. The van der Waals surface area contributed by atoms with Crippen molar-refractivity contribution in [1.29, 1.82) is 0 Å². The molecule has 0 bridgehead atoms. The Morgan fingerprint density at radius 3 is 2.72 bits per heavy atom. The summed E-state index contributed by atoms with van der Waals surface area (Å²) in [6.07, 6.45) is 1.85. The highest BCUT2D eigenvalue weighted by molar-refractivity contribution is 5.41. The molecule has 0 amide bonds. The summed E-state index contributed by atoms with van der Waals surface area (Å²) in [6, 6.07) is 7.30. The van der Waals surface area contributed by atoms with Crippen molar-refractivity contribution >= 4 is 0 Å². The molecule has 0 saturated heterocycles. The Balaban J connectivity index is 2.37. The Bertz CT molecular complexity index is 532. The van der Waals surface area contributed by atoms with Crippen LogP contribution in [0, 0.1) is 12.7 Å². The number of aryl methyl sites for hydroxylation is 1. The van der Waals surface area contributed by atoms with Crippen LogP contribution in [-0.2, 0) is 6.54 Å². The van der Waals surface area contributed by atoms with E-state index in [0.717, 1.165) is 11.4 Å². The van der Waals surface area contributed by atoms with Gasteiger partial charge in [0.1, 0.15) is 5.82 Å². The minimum atomic E-state index is -0.200. The largest absolute Gasteiger partial charge is 0.310 e. The molecule has 3 nitrogen and oxygen atoms in total. The highest BCUT2D eigenvalue weighted by Crippen LogP contribution is 2.18. The number of aromatic nitrogens is 2. The Kier molecular flexibility index (Phi) is 3.77. The first kappa shape index (κ1) is 12.8. The molecular formula is C14H18FN3. The lowest BCUT2D eigenvalue weighted by Crippen LogP contribution is -2.23. The van der Waals surface area contributed by atoms with E-state index < -0.39 is 0 Å².